The van der Waals surface area contributed by atoms with Crippen molar-refractivity contribution in [1.29, 1.82) is 0 Å². The van der Waals surface area contributed by atoms with Crippen LogP contribution in [0.1, 0.15) is 27.4 Å². The predicted octanol–water partition coefficient (Wildman–Crippen LogP) is 3.65. The number of amides is 3. The van der Waals surface area contributed by atoms with Crippen molar-refractivity contribution < 1.29 is 33.2 Å². The average Bonchev–Trinajstić information content (AvgIpc) is 3.43. The van der Waals surface area contributed by atoms with Crippen LogP contribution in [0.25, 0.3) is 6.08 Å². The van der Waals surface area contributed by atoms with Gasteiger partial charge in [0.2, 0.25) is 5.76 Å². The Labute approximate surface area is 198 Å². The third kappa shape index (κ3) is 5.36. The largest absolute Gasteiger partial charge is 0.489 e. The van der Waals surface area contributed by atoms with Crippen molar-refractivity contribution in [2.24, 2.45) is 0 Å². The lowest BCUT2D eigenvalue weighted by Gasteiger charge is -2.09. The normalized spacial score (nSPS) is 14.2. The van der Waals surface area contributed by atoms with Crippen molar-refractivity contribution >= 4 is 29.7 Å². The van der Waals surface area contributed by atoms with Crippen LogP contribution in [-0.2, 0) is 22.7 Å². The maximum atomic E-state index is 12.8. The molecule has 0 unspecified atom stereocenters. The summed E-state index contributed by atoms with van der Waals surface area (Å²) in [4.78, 5) is 47.9. The van der Waals surface area contributed by atoms with Gasteiger partial charge in [-0.1, -0.05) is 12.1 Å². The molecule has 4 rings (SSSR count). The van der Waals surface area contributed by atoms with E-state index < -0.39 is 22.8 Å². The maximum Gasteiger partial charge on any atom is 0.373 e. The number of furan rings is 1. The van der Waals surface area contributed by atoms with Gasteiger partial charge in [-0.3, -0.25) is 19.8 Å². The Bertz CT molecular complexity index is 1330. The Balaban J connectivity index is 1.42. The fourth-order valence-corrected chi connectivity index (χ4v) is 3.29. The molecule has 1 aromatic heterocycles. The van der Waals surface area contributed by atoms with Gasteiger partial charge in [0.25, 0.3) is 11.6 Å². The molecule has 1 saturated heterocycles. The molecule has 0 spiro atoms. The zero-order valence-electron chi connectivity index (χ0n) is 18.4. The first kappa shape index (κ1) is 23.2. The van der Waals surface area contributed by atoms with Crippen LogP contribution in [0, 0.1) is 10.1 Å². The number of nitrogens with one attached hydrogen (secondary N) is 1. The molecule has 2 heterocycles. The van der Waals surface area contributed by atoms with Gasteiger partial charge in [0.05, 0.1) is 18.6 Å². The van der Waals surface area contributed by atoms with E-state index in [2.05, 4.69) is 10.1 Å². The smallest absolute Gasteiger partial charge is 0.373 e. The fourth-order valence-electron chi connectivity index (χ4n) is 3.29. The molecule has 0 bridgehead atoms. The second kappa shape index (κ2) is 9.91. The third-order valence-corrected chi connectivity index (χ3v) is 5.05. The number of benzene rings is 2. The molecule has 1 aliphatic rings. The van der Waals surface area contributed by atoms with Crippen molar-refractivity contribution in [3.05, 3.63) is 99.1 Å². The zero-order valence-corrected chi connectivity index (χ0v) is 18.4. The van der Waals surface area contributed by atoms with Crippen LogP contribution in [0.2, 0.25) is 0 Å². The van der Waals surface area contributed by atoms with E-state index in [-0.39, 0.29) is 36.1 Å². The Morgan fingerprint density at radius 1 is 1.14 bits per heavy atom. The summed E-state index contributed by atoms with van der Waals surface area (Å²) in [5.41, 5.74) is 1.43. The number of rotatable bonds is 8. The monoisotopic (exact) mass is 477 g/mol. The summed E-state index contributed by atoms with van der Waals surface area (Å²) in [6.45, 7) is 0.0373. The van der Waals surface area contributed by atoms with Crippen molar-refractivity contribution in [3.63, 3.8) is 0 Å². The van der Waals surface area contributed by atoms with E-state index in [1.807, 2.05) is 0 Å². The quantitative estimate of drug-likeness (QED) is 0.170. The molecule has 1 fully saturated rings. The molecule has 2 aromatic carbocycles. The highest BCUT2D eigenvalue weighted by atomic mass is 16.6. The summed E-state index contributed by atoms with van der Waals surface area (Å²) in [6.07, 6.45) is 1.51. The van der Waals surface area contributed by atoms with Gasteiger partial charge in [-0.2, -0.15) is 0 Å². The molecule has 0 atom stereocenters. The van der Waals surface area contributed by atoms with Gasteiger partial charge in [0.15, 0.2) is 0 Å². The van der Waals surface area contributed by atoms with Crippen molar-refractivity contribution in [3.8, 4) is 5.75 Å². The van der Waals surface area contributed by atoms with Gasteiger partial charge in [-0.25, -0.2) is 9.59 Å². The number of urea groups is 1. The molecule has 3 amide bonds. The number of imide groups is 1. The highest BCUT2D eigenvalue weighted by Gasteiger charge is 2.34. The Kier molecular flexibility index (Phi) is 6.58. The lowest BCUT2D eigenvalue weighted by atomic mass is 10.1. The van der Waals surface area contributed by atoms with Gasteiger partial charge in [-0.15, -0.1) is 0 Å². The van der Waals surface area contributed by atoms with Crippen LogP contribution in [0.5, 0.6) is 5.75 Å². The van der Waals surface area contributed by atoms with Gasteiger partial charge in [-0.05, 0) is 53.6 Å². The minimum Gasteiger partial charge on any atom is -0.489 e. The van der Waals surface area contributed by atoms with E-state index >= 15 is 0 Å². The Hall–Kier alpha value is -4.93. The number of esters is 1. The summed E-state index contributed by atoms with van der Waals surface area (Å²) in [7, 11) is 1.22. The molecular formula is C24H19N3O8. The van der Waals surface area contributed by atoms with Crippen molar-refractivity contribution in [2.75, 3.05) is 7.11 Å². The Morgan fingerprint density at radius 3 is 2.63 bits per heavy atom. The van der Waals surface area contributed by atoms with Crippen molar-refractivity contribution in [2.45, 2.75) is 13.2 Å². The highest BCUT2D eigenvalue weighted by molar-refractivity contribution is 6.13. The second-order valence-corrected chi connectivity index (χ2v) is 7.42. The minimum absolute atomic E-state index is 0.00403. The van der Waals surface area contributed by atoms with E-state index in [1.54, 1.807) is 36.4 Å². The molecule has 0 saturated carbocycles. The average molecular weight is 477 g/mol. The molecule has 35 heavy (non-hydrogen) atoms. The van der Waals surface area contributed by atoms with Crippen molar-refractivity contribution in [1.82, 2.24) is 10.2 Å². The van der Waals surface area contributed by atoms with Crippen LogP contribution < -0.4 is 10.1 Å². The molecule has 178 valence electrons. The van der Waals surface area contributed by atoms with Crippen LogP contribution >= 0.6 is 0 Å². The molecule has 0 radical (unpaired) electrons. The van der Waals surface area contributed by atoms with Gasteiger partial charge >= 0.3 is 12.0 Å². The summed E-state index contributed by atoms with van der Waals surface area (Å²) in [5.74, 6) is -0.488. The summed E-state index contributed by atoms with van der Waals surface area (Å²) >= 11 is 0. The third-order valence-electron chi connectivity index (χ3n) is 5.05. The molecule has 11 nitrogen and oxygen atoms in total. The van der Waals surface area contributed by atoms with Gasteiger partial charge in [0, 0.05) is 12.1 Å². The van der Waals surface area contributed by atoms with Crippen LogP contribution in [0.15, 0.2) is 70.8 Å². The fraction of sp³-hybridized carbons (Fsp3) is 0.125. The number of hydrogen-bond donors (Lipinski definition) is 1. The van der Waals surface area contributed by atoms with Crippen LogP contribution in [0.3, 0.4) is 0 Å². The molecular weight excluding hydrogens is 458 g/mol. The zero-order chi connectivity index (χ0) is 24.9. The summed E-state index contributed by atoms with van der Waals surface area (Å²) in [5, 5.41) is 13.3. The van der Waals surface area contributed by atoms with E-state index in [1.165, 1.54) is 37.5 Å². The van der Waals surface area contributed by atoms with E-state index in [9.17, 15) is 24.5 Å². The molecule has 1 aliphatic heterocycles. The van der Waals surface area contributed by atoms with E-state index in [4.69, 9.17) is 9.15 Å². The predicted molar refractivity (Wildman–Crippen MR) is 121 cm³/mol. The number of nitrogens with zero attached hydrogens (tertiary/aromatic N) is 2. The number of nitro benzene ring substituents is 1. The summed E-state index contributed by atoms with van der Waals surface area (Å²) < 4.78 is 15.6. The minimum atomic E-state index is -0.662. The number of nitro groups is 1. The van der Waals surface area contributed by atoms with E-state index in [0.29, 0.717) is 11.3 Å². The van der Waals surface area contributed by atoms with Crippen LogP contribution in [0.4, 0.5) is 10.5 Å². The topological polar surface area (TPSA) is 141 Å². The summed E-state index contributed by atoms with van der Waals surface area (Å²) in [6, 6.07) is 15.2. The first-order valence-electron chi connectivity index (χ1n) is 10.3. The molecule has 1 N–H and O–H groups in total. The molecule has 11 heteroatoms. The SMILES string of the molecule is COC(=O)c1ccc(CN2C(=O)NC(=Cc3cccc(OCc4ccc([N+](=O)[O-])cc4)c3)C2=O)o1. The second-order valence-electron chi connectivity index (χ2n) is 7.42. The number of methoxy groups -OCH3 is 1. The molecule has 3 aromatic rings. The number of hydrogen-bond acceptors (Lipinski definition) is 8. The Morgan fingerprint density at radius 2 is 1.91 bits per heavy atom. The lowest BCUT2D eigenvalue weighted by Crippen LogP contribution is -2.30. The first-order chi connectivity index (χ1) is 16.8. The number of ether oxygens (including phenoxy) is 2. The van der Waals surface area contributed by atoms with Gasteiger partial charge < -0.3 is 19.2 Å². The molecule has 0 aliphatic carbocycles. The number of non-ortho nitro benzene ring substituents is 1. The van der Waals surface area contributed by atoms with Crippen LogP contribution in [-0.4, -0.2) is 34.8 Å². The number of carbonyl (C=O) groups is 3. The van der Waals surface area contributed by atoms with Gasteiger partial charge in [0.1, 0.15) is 23.8 Å². The maximum absolute atomic E-state index is 12.8. The highest BCUT2D eigenvalue weighted by Crippen LogP contribution is 2.22. The lowest BCUT2D eigenvalue weighted by molar-refractivity contribution is -0.384. The standard InChI is InChI=1S/C24H19N3O8/c1-33-23(29)21-10-9-19(35-21)13-26-22(28)20(25-24(26)30)12-16-3-2-4-18(11-16)34-14-15-5-7-17(8-6-15)27(31)32/h2-12H,13-14H2,1H3,(H,25,30). The van der Waals surface area contributed by atoms with E-state index in [0.717, 1.165) is 10.5 Å². The number of carbonyl (C=O) groups excluding carboxylic acids is 3. The first-order valence-corrected chi connectivity index (χ1v) is 10.3.